The second kappa shape index (κ2) is 5.74. The van der Waals surface area contributed by atoms with Crippen molar-refractivity contribution in [2.45, 2.75) is 25.8 Å². The highest BCUT2D eigenvalue weighted by molar-refractivity contribution is 5.96. The first-order valence-electron chi connectivity index (χ1n) is 6.50. The summed E-state index contributed by atoms with van der Waals surface area (Å²) in [5.74, 6) is -1.65. The van der Waals surface area contributed by atoms with Gasteiger partial charge in [-0.15, -0.1) is 5.10 Å². The minimum atomic E-state index is -1.33. The van der Waals surface area contributed by atoms with Gasteiger partial charge in [0.1, 0.15) is 5.54 Å². The van der Waals surface area contributed by atoms with E-state index in [0.717, 1.165) is 5.69 Å². The zero-order valence-corrected chi connectivity index (χ0v) is 11.8. The molecular weight excluding hydrogens is 272 g/mol. The fourth-order valence-corrected chi connectivity index (χ4v) is 1.68. The first kappa shape index (κ1) is 14.7. The molecule has 7 nitrogen and oxygen atoms in total. The molecule has 1 amide bonds. The standard InChI is InChI=1S/C14H16N4O3/c1-3-14(2,13(20)21)15-12(19)11-9-18(17-16-11)10-7-5-4-6-8-10/h4-9H,3H2,1-2H3,(H,15,19)(H,20,21)/t14-/m0/s1. The molecule has 1 aromatic heterocycles. The monoisotopic (exact) mass is 288 g/mol. The number of aliphatic carboxylic acids is 1. The van der Waals surface area contributed by atoms with Crippen molar-refractivity contribution in [3.8, 4) is 5.69 Å². The number of hydrogen-bond acceptors (Lipinski definition) is 4. The number of carboxylic acids is 1. The fourth-order valence-electron chi connectivity index (χ4n) is 1.68. The molecule has 0 aliphatic rings. The zero-order valence-electron chi connectivity index (χ0n) is 11.8. The van der Waals surface area contributed by atoms with Crippen LogP contribution in [-0.2, 0) is 4.79 Å². The molecule has 0 unspecified atom stereocenters. The first-order valence-corrected chi connectivity index (χ1v) is 6.50. The first-order chi connectivity index (χ1) is 9.96. The summed E-state index contributed by atoms with van der Waals surface area (Å²) < 4.78 is 1.46. The van der Waals surface area contributed by atoms with Crippen LogP contribution in [0.3, 0.4) is 0 Å². The maximum atomic E-state index is 12.1. The van der Waals surface area contributed by atoms with Gasteiger partial charge in [0.25, 0.3) is 5.91 Å². The molecule has 0 radical (unpaired) electrons. The van der Waals surface area contributed by atoms with Crippen molar-refractivity contribution in [1.29, 1.82) is 0 Å². The summed E-state index contributed by atoms with van der Waals surface area (Å²) in [4.78, 5) is 23.3. The number of hydrogen-bond donors (Lipinski definition) is 2. The third-order valence-electron chi connectivity index (χ3n) is 3.32. The van der Waals surface area contributed by atoms with E-state index in [4.69, 9.17) is 5.11 Å². The van der Waals surface area contributed by atoms with Crippen molar-refractivity contribution < 1.29 is 14.7 Å². The molecule has 0 spiro atoms. The Hall–Kier alpha value is -2.70. The highest BCUT2D eigenvalue weighted by Crippen LogP contribution is 2.11. The minimum absolute atomic E-state index is 0.0692. The van der Waals surface area contributed by atoms with E-state index in [1.807, 2.05) is 30.3 Å². The van der Waals surface area contributed by atoms with Crippen molar-refractivity contribution in [3.63, 3.8) is 0 Å². The molecule has 1 aromatic carbocycles. The van der Waals surface area contributed by atoms with Gasteiger partial charge in [-0.05, 0) is 25.5 Å². The minimum Gasteiger partial charge on any atom is -0.480 e. The van der Waals surface area contributed by atoms with Crippen LogP contribution < -0.4 is 5.32 Å². The summed E-state index contributed by atoms with van der Waals surface area (Å²) in [5, 5.41) is 19.3. The number of aromatic nitrogens is 3. The van der Waals surface area contributed by atoms with Gasteiger partial charge in [0.2, 0.25) is 0 Å². The summed E-state index contributed by atoms with van der Waals surface area (Å²) in [6.45, 7) is 3.14. The number of amides is 1. The lowest BCUT2D eigenvalue weighted by molar-refractivity contribution is -0.143. The topological polar surface area (TPSA) is 97.1 Å². The van der Waals surface area contributed by atoms with Gasteiger partial charge in [0, 0.05) is 0 Å². The van der Waals surface area contributed by atoms with Crippen LogP contribution in [0, 0.1) is 0 Å². The van der Waals surface area contributed by atoms with Gasteiger partial charge in [0.05, 0.1) is 11.9 Å². The lowest BCUT2D eigenvalue weighted by atomic mass is 9.99. The van der Waals surface area contributed by atoms with Crippen LogP contribution in [0.2, 0.25) is 0 Å². The van der Waals surface area contributed by atoms with Gasteiger partial charge in [0.15, 0.2) is 5.69 Å². The molecule has 0 fully saturated rings. The molecule has 0 aliphatic carbocycles. The lowest BCUT2D eigenvalue weighted by Crippen LogP contribution is -2.51. The quantitative estimate of drug-likeness (QED) is 0.863. The predicted molar refractivity (Wildman–Crippen MR) is 75.2 cm³/mol. The Kier molecular flexibility index (Phi) is 4.02. The number of rotatable bonds is 5. The van der Waals surface area contributed by atoms with E-state index in [0.29, 0.717) is 0 Å². The highest BCUT2D eigenvalue weighted by atomic mass is 16.4. The van der Waals surface area contributed by atoms with E-state index in [9.17, 15) is 9.59 Å². The van der Waals surface area contributed by atoms with E-state index in [1.54, 1.807) is 6.92 Å². The predicted octanol–water partition coefficient (Wildman–Crippen LogP) is 1.25. The Morgan fingerprint density at radius 2 is 2.00 bits per heavy atom. The van der Waals surface area contributed by atoms with Crippen molar-refractivity contribution in [1.82, 2.24) is 20.3 Å². The number of nitrogens with one attached hydrogen (secondary N) is 1. The number of nitrogens with zero attached hydrogens (tertiary/aromatic N) is 3. The summed E-state index contributed by atoms with van der Waals surface area (Å²) in [6, 6.07) is 9.20. The number of carbonyl (C=O) groups is 2. The molecule has 1 heterocycles. The molecule has 0 bridgehead atoms. The van der Waals surface area contributed by atoms with Crippen molar-refractivity contribution >= 4 is 11.9 Å². The summed E-state index contributed by atoms with van der Waals surface area (Å²) in [6.07, 6.45) is 1.73. The summed E-state index contributed by atoms with van der Waals surface area (Å²) in [5.41, 5.74) is -0.492. The van der Waals surface area contributed by atoms with Crippen LogP contribution in [0.5, 0.6) is 0 Å². The average Bonchev–Trinajstić information content (AvgIpc) is 2.97. The van der Waals surface area contributed by atoms with E-state index in [-0.39, 0.29) is 12.1 Å². The van der Waals surface area contributed by atoms with Crippen LogP contribution in [0.4, 0.5) is 0 Å². The highest BCUT2D eigenvalue weighted by Gasteiger charge is 2.33. The molecule has 110 valence electrons. The van der Waals surface area contributed by atoms with Gasteiger partial charge in [-0.3, -0.25) is 4.79 Å². The fraction of sp³-hybridized carbons (Fsp3) is 0.286. The Bertz CT molecular complexity index is 653. The number of para-hydroxylation sites is 1. The molecule has 2 N–H and O–H groups in total. The van der Waals surface area contributed by atoms with E-state index < -0.39 is 17.4 Å². The van der Waals surface area contributed by atoms with Gasteiger partial charge in [-0.25, -0.2) is 9.48 Å². The smallest absolute Gasteiger partial charge is 0.329 e. The average molecular weight is 288 g/mol. The molecule has 0 saturated heterocycles. The third-order valence-corrected chi connectivity index (χ3v) is 3.32. The Balaban J connectivity index is 2.18. The van der Waals surface area contributed by atoms with Crippen molar-refractivity contribution in [2.24, 2.45) is 0 Å². The third kappa shape index (κ3) is 3.07. The SMILES string of the molecule is CC[C@](C)(NC(=O)c1cn(-c2ccccc2)nn1)C(=O)O. The summed E-state index contributed by atoms with van der Waals surface area (Å²) >= 11 is 0. The molecule has 7 heteroatoms. The van der Waals surface area contributed by atoms with Gasteiger partial charge in [-0.2, -0.15) is 0 Å². The van der Waals surface area contributed by atoms with Crippen LogP contribution in [0.1, 0.15) is 30.8 Å². The maximum absolute atomic E-state index is 12.1. The van der Waals surface area contributed by atoms with Crippen LogP contribution >= 0.6 is 0 Å². The van der Waals surface area contributed by atoms with Gasteiger partial charge in [-0.1, -0.05) is 30.3 Å². The Labute approximate surface area is 121 Å². The van der Waals surface area contributed by atoms with Crippen LogP contribution in [0.15, 0.2) is 36.5 Å². The van der Waals surface area contributed by atoms with Crippen molar-refractivity contribution in [3.05, 3.63) is 42.2 Å². The lowest BCUT2D eigenvalue weighted by Gasteiger charge is -2.23. The van der Waals surface area contributed by atoms with Crippen LogP contribution in [-0.4, -0.2) is 37.5 Å². The molecule has 2 rings (SSSR count). The molecule has 2 aromatic rings. The summed E-state index contributed by atoms with van der Waals surface area (Å²) in [7, 11) is 0. The van der Waals surface area contributed by atoms with Crippen LogP contribution in [0.25, 0.3) is 5.69 Å². The second-order valence-corrected chi connectivity index (χ2v) is 4.83. The molecular formula is C14H16N4O3. The van der Waals surface area contributed by atoms with Crippen molar-refractivity contribution in [2.75, 3.05) is 0 Å². The maximum Gasteiger partial charge on any atom is 0.329 e. The number of carbonyl (C=O) groups excluding carboxylic acids is 1. The Morgan fingerprint density at radius 3 is 2.57 bits per heavy atom. The second-order valence-electron chi connectivity index (χ2n) is 4.83. The van der Waals surface area contributed by atoms with E-state index in [2.05, 4.69) is 15.6 Å². The normalized spacial score (nSPS) is 13.4. The van der Waals surface area contributed by atoms with E-state index >= 15 is 0 Å². The zero-order chi connectivity index (χ0) is 15.5. The number of carboxylic acid groups (broad SMARTS) is 1. The Morgan fingerprint density at radius 1 is 1.33 bits per heavy atom. The van der Waals surface area contributed by atoms with Gasteiger partial charge >= 0.3 is 5.97 Å². The molecule has 0 aliphatic heterocycles. The van der Waals surface area contributed by atoms with E-state index in [1.165, 1.54) is 17.8 Å². The van der Waals surface area contributed by atoms with Gasteiger partial charge < -0.3 is 10.4 Å². The molecule has 1 atom stereocenters. The molecule has 21 heavy (non-hydrogen) atoms. The number of benzene rings is 1. The molecule has 0 saturated carbocycles. The largest absolute Gasteiger partial charge is 0.480 e.